The molecule has 3 heterocycles. The van der Waals surface area contributed by atoms with E-state index in [9.17, 15) is 4.79 Å². The summed E-state index contributed by atoms with van der Waals surface area (Å²) in [5, 5.41) is 9.51. The predicted octanol–water partition coefficient (Wildman–Crippen LogP) is 3.45. The highest BCUT2D eigenvalue weighted by Crippen LogP contribution is 2.32. The Kier molecular flexibility index (Phi) is 3.64. The Balaban J connectivity index is 1.79. The molecule has 0 radical (unpaired) electrons. The van der Waals surface area contributed by atoms with Gasteiger partial charge in [-0.1, -0.05) is 0 Å². The number of hydrogen-bond donors (Lipinski definition) is 0. The van der Waals surface area contributed by atoms with Crippen molar-refractivity contribution in [1.29, 1.82) is 0 Å². The monoisotopic (exact) mass is 340 g/mol. The molecule has 1 amide bonds. The largest absolute Gasteiger partial charge is 0.331 e. The highest BCUT2D eigenvalue weighted by Gasteiger charge is 2.34. The predicted molar refractivity (Wildman–Crippen MR) is 95.2 cm³/mol. The number of nitrogens with zero attached hydrogens (tertiary/aromatic N) is 4. The molecule has 3 aromatic rings. The maximum absolute atomic E-state index is 13.3. The second-order valence-electron chi connectivity index (χ2n) is 6.51. The summed E-state index contributed by atoms with van der Waals surface area (Å²) in [4.78, 5) is 19.9. The molecule has 0 spiro atoms. The van der Waals surface area contributed by atoms with E-state index >= 15 is 0 Å². The molecule has 1 fully saturated rings. The lowest BCUT2D eigenvalue weighted by Gasteiger charge is -2.22. The van der Waals surface area contributed by atoms with E-state index in [0.717, 1.165) is 40.8 Å². The minimum Gasteiger partial charge on any atom is -0.331 e. The van der Waals surface area contributed by atoms with Crippen molar-refractivity contribution in [3.63, 3.8) is 0 Å². The first-order valence-electron chi connectivity index (χ1n) is 8.17. The van der Waals surface area contributed by atoms with Gasteiger partial charge in [-0.05, 0) is 55.1 Å². The fraction of sp³-hybridized carbons (Fsp3) is 0.389. The van der Waals surface area contributed by atoms with Crippen molar-refractivity contribution in [2.24, 2.45) is 7.05 Å². The van der Waals surface area contributed by atoms with Crippen LogP contribution in [0.25, 0.3) is 11.0 Å². The van der Waals surface area contributed by atoms with Crippen molar-refractivity contribution in [1.82, 2.24) is 19.7 Å². The molecule has 6 heteroatoms. The van der Waals surface area contributed by atoms with Crippen LogP contribution in [-0.4, -0.2) is 31.6 Å². The van der Waals surface area contributed by atoms with E-state index < -0.39 is 0 Å². The molecule has 0 bridgehead atoms. The van der Waals surface area contributed by atoms with Gasteiger partial charge in [0.2, 0.25) is 0 Å². The lowest BCUT2D eigenvalue weighted by molar-refractivity contribution is 0.0732. The summed E-state index contributed by atoms with van der Waals surface area (Å²) in [6.45, 7) is 4.55. The molecule has 1 saturated carbocycles. The van der Waals surface area contributed by atoms with Crippen LogP contribution in [0.3, 0.4) is 0 Å². The van der Waals surface area contributed by atoms with E-state index in [1.807, 2.05) is 31.9 Å². The van der Waals surface area contributed by atoms with Crippen LogP contribution in [-0.2, 0) is 13.6 Å². The second kappa shape index (κ2) is 5.70. The summed E-state index contributed by atoms with van der Waals surface area (Å²) >= 11 is 1.67. The van der Waals surface area contributed by atoms with Gasteiger partial charge in [-0.2, -0.15) is 16.4 Å². The summed E-state index contributed by atoms with van der Waals surface area (Å²) in [7, 11) is 1.88. The normalized spacial score (nSPS) is 14.3. The fourth-order valence-corrected chi connectivity index (χ4v) is 3.89. The number of aromatic nitrogens is 3. The average Bonchev–Trinajstić information content (AvgIpc) is 3.18. The molecule has 24 heavy (non-hydrogen) atoms. The highest BCUT2D eigenvalue weighted by atomic mass is 32.1. The summed E-state index contributed by atoms with van der Waals surface area (Å²) in [6.07, 6.45) is 2.18. The van der Waals surface area contributed by atoms with Crippen LogP contribution in [0.15, 0.2) is 22.9 Å². The molecule has 0 saturated heterocycles. The van der Waals surface area contributed by atoms with Crippen molar-refractivity contribution in [3.05, 3.63) is 45.4 Å². The topological polar surface area (TPSA) is 51.0 Å². The molecule has 3 aromatic heterocycles. The van der Waals surface area contributed by atoms with Gasteiger partial charge in [0.15, 0.2) is 5.65 Å². The van der Waals surface area contributed by atoms with Gasteiger partial charge in [-0.3, -0.25) is 9.48 Å². The lowest BCUT2D eigenvalue weighted by Crippen LogP contribution is -2.32. The minimum absolute atomic E-state index is 0.0929. The smallest absolute Gasteiger partial charge is 0.255 e. The summed E-state index contributed by atoms with van der Waals surface area (Å²) in [5.74, 6) is 0.0929. The standard InChI is InChI=1S/C18H20N4OS/c1-11-8-15(16-12(2)20-21(3)17(16)19-11)18(23)22(14-4-5-14)9-13-6-7-24-10-13/h6-8,10,14H,4-5,9H2,1-3H3. The molecule has 124 valence electrons. The van der Waals surface area contributed by atoms with Gasteiger partial charge in [0.05, 0.1) is 16.6 Å². The van der Waals surface area contributed by atoms with Crippen LogP contribution in [0.4, 0.5) is 0 Å². The fourth-order valence-electron chi connectivity index (χ4n) is 3.23. The zero-order chi connectivity index (χ0) is 16.8. The van der Waals surface area contributed by atoms with Gasteiger partial charge >= 0.3 is 0 Å². The van der Waals surface area contributed by atoms with Gasteiger partial charge in [0, 0.05) is 25.3 Å². The molecule has 1 aliphatic rings. The maximum atomic E-state index is 13.3. The van der Waals surface area contributed by atoms with E-state index in [1.54, 1.807) is 16.0 Å². The van der Waals surface area contributed by atoms with Gasteiger partial charge in [-0.25, -0.2) is 4.98 Å². The van der Waals surface area contributed by atoms with E-state index in [-0.39, 0.29) is 5.91 Å². The molecular weight excluding hydrogens is 320 g/mol. The lowest BCUT2D eigenvalue weighted by atomic mass is 10.1. The molecule has 0 atom stereocenters. The number of fused-ring (bicyclic) bond motifs is 1. The van der Waals surface area contributed by atoms with Crippen LogP contribution in [0.1, 0.15) is 40.2 Å². The van der Waals surface area contributed by atoms with E-state index in [0.29, 0.717) is 12.6 Å². The van der Waals surface area contributed by atoms with E-state index in [4.69, 9.17) is 0 Å². The van der Waals surface area contributed by atoms with Crippen LogP contribution in [0.2, 0.25) is 0 Å². The molecule has 0 aliphatic heterocycles. The number of aryl methyl sites for hydroxylation is 3. The van der Waals surface area contributed by atoms with Crippen molar-refractivity contribution >= 4 is 28.3 Å². The van der Waals surface area contributed by atoms with Gasteiger partial charge < -0.3 is 4.90 Å². The third-order valence-electron chi connectivity index (χ3n) is 4.51. The number of amides is 1. The molecule has 1 aliphatic carbocycles. The number of thiophene rings is 1. The number of pyridine rings is 1. The van der Waals surface area contributed by atoms with Gasteiger partial charge in [0.1, 0.15) is 0 Å². The Labute approximate surface area is 144 Å². The zero-order valence-corrected chi connectivity index (χ0v) is 14.9. The summed E-state index contributed by atoms with van der Waals surface area (Å²) in [6, 6.07) is 4.36. The van der Waals surface area contributed by atoms with Crippen molar-refractivity contribution < 1.29 is 4.79 Å². The summed E-state index contributed by atoms with van der Waals surface area (Å²) in [5.41, 5.74) is 4.41. The average molecular weight is 340 g/mol. The number of carbonyl (C=O) groups is 1. The minimum atomic E-state index is 0.0929. The number of hydrogen-bond acceptors (Lipinski definition) is 4. The van der Waals surface area contributed by atoms with Gasteiger partial charge in [-0.15, -0.1) is 0 Å². The summed E-state index contributed by atoms with van der Waals surface area (Å²) < 4.78 is 1.76. The Morgan fingerprint density at radius 1 is 1.42 bits per heavy atom. The molecule has 0 N–H and O–H groups in total. The van der Waals surface area contributed by atoms with Crippen molar-refractivity contribution in [2.45, 2.75) is 39.3 Å². The third-order valence-corrected chi connectivity index (χ3v) is 5.24. The van der Waals surface area contributed by atoms with E-state index in [2.05, 4.69) is 26.9 Å². The van der Waals surface area contributed by atoms with E-state index in [1.165, 1.54) is 5.56 Å². The third kappa shape index (κ3) is 2.60. The first kappa shape index (κ1) is 15.3. The second-order valence-corrected chi connectivity index (χ2v) is 7.29. The Morgan fingerprint density at radius 3 is 2.88 bits per heavy atom. The molecule has 0 aromatic carbocycles. The van der Waals surface area contributed by atoms with Crippen molar-refractivity contribution in [2.75, 3.05) is 0 Å². The van der Waals surface area contributed by atoms with Gasteiger partial charge in [0.25, 0.3) is 5.91 Å². The Morgan fingerprint density at radius 2 is 2.21 bits per heavy atom. The Hall–Kier alpha value is -2.21. The SMILES string of the molecule is Cc1cc(C(=O)N(Cc2ccsc2)C2CC2)c2c(C)nn(C)c2n1. The van der Waals surface area contributed by atoms with Crippen LogP contribution < -0.4 is 0 Å². The Bertz CT molecular complexity index is 909. The van der Waals surface area contributed by atoms with Crippen LogP contribution in [0.5, 0.6) is 0 Å². The zero-order valence-electron chi connectivity index (χ0n) is 14.1. The first-order valence-corrected chi connectivity index (χ1v) is 9.12. The number of carbonyl (C=O) groups excluding carboxylic acids is 1. The van der Waals surface area contributed by atoms with Crippen LogP contribution in [0, 0.1) is 13.8 Å². The number of rotatable bonds is 4. The first-order chi connectivity index (χ1) is 11.5. The van der Waals surface area contributed by atoms with Crippen LogP contribution >= 0.6 is 11.3 Å². The molecular formula is C18H20N4OS. The molecule has 4 rings (SSSR count). The molecule has 5 nitrogen and oxygen atoms in total. The highest BCUT2D eigenvalue weighted by molar-refractivity contribution is 7.07. The quantitative estimate of drug-likeness (QED) is 0.731. The van der Waals surface area contributed by atoms with Crippen molar-refractivity contribution in [3.8, 4) is 0 Å². The molecule has 0 unspecified atom stereocenters. The maximum Gasteiger partial charge on any atom is 0.255 e.